The molecule has 94 valence electrons. The fraction of sp³-hybridized carbons (Fsp3) is 0.231. The van der Waals surface area contributed by atoms with Crippen molar-refractivity contribution in [2.45, 2.75) is 13.3 Å². The van der Waals surface area contributed by atoms with Crippen molar-refractivity contribution < 1.29 is 9.47 Å². The molecule has 0 N–H and O–H groups in total. The molecule has 0 unspecified atom stereocenters. The highest BCUT2D eigenvalue weighted by atomic mass is 35.5. The molecule has 0 atom stereocenters. The fourth-order valence-electron chi connectivity index (χ4n) is 1.54. The van der Waals surface area contributed by atoms with Crippen LogP contribution in [0.3, 0.4) is 0 Å². The minimum Gasteiger partial charge on any atom is -0.497 e. The first-order chi connectivity index (χ1) is 8.74. The summed E-state index contributed by atoms with van der Waals surface area (Å²) in [6.07, 6.45) is 2.09. The van der Waals surface area contributed by atoms with E-state index in [0.717, 1.165) is 11.3 Å². The van der Waals surface area contributed by atoms with Crippen molar-refractivity contribution in [1.82, 2.24) is 9.97 Å². The van der Waals surface area contributed by atoms with Crippen LogP contribution in [0.1, 0.15) is 12.5 Å². The van der Waals surface area contributed by atoms with Crippen LogP contribution in [0.15, 0.2) is 30.6 Å². The lowest BCUT2D eigenvalue weighted by molar-refractivity contribution is 0.406. The fourth-order valence-corrected chi connectivity index (χ4v) is 1.80. The van der Waals surface area contributed by atoms with Crippen LogP contribution in [0.25, 0.3) is 0 Å². The van der Waals surface area contributed by atoms with Gasteiger partial charge in [0.05, 0.1) is 12.7 Å². The molecule has 1 heterocycles. The summed E-state index contributed by atoms with van der Waals surface area (Å²) in [6.45, 7) is 1.98. The van der Waals surface area contributed by atoms with E-state index in [4.69, 9.17) is 21.1 Å². The number of nitrogens with zero attached hydrogens (tertiary/aromatic N) is 2. The minimum atomic E-state index is 0.422. The zero-order chi connectivity index (χ0) is 13.0. The number of aromatic nitrogens is 2. The zero-order valence-corrected chi connectivity index (χ0v) is 10.9. The van der Waals surface area contributed by atoms with Gasteiger partial charge < -0.3 is 9.47 Å². The van der Waals surface area contributed by atoms with E-state index in [1.807, 2.05) is 25.1 Å². The van der Waals surface area contributed by atoms with Gasteiger partial charge in [-0.25, -0.2) is 9.97 Å². The molecule has 18 heavy (non-hydrogen) atoms. The molecule has 4 nitrogen and oxygen atoms in total. The molecule has 0 aliphatic rings. The normalized spacial score (nSPS) is 10.2. The Morgan fingerprint density at radius 2 is 2.00 bits per heavy atom. The second-order valence-corrected chi connectivity index (χ2v) is 3.94. The third-order valence-corrected chi connectivity index (χ3v) is 2.79. The van der Waals surface area contributed by atoms with E-state index in [1.54, 1.807) is 13.2 Å². The van der Waals surface area contributed by atoms with Crippen molar-refractivity contribution in [2.75, 3.05) is 7.11 Å². The summed E-state index contributed by atoms with van der Waals surface area (Å²) in [4.78, 5) is 8.04. The Kier molecular flexibility index (Phi) is 3.99. The van der Waals surface area contributed by atoms with E-state index < -0.39 is 0 Å². The number of methoxy groups -OCH3 is 1. The lowest BCUT2D eigenvalue weighted by atomic mass is 10.2. The number of hydrogen-bond acceptors (Lipinski definition) is 4. The maximum absolute atomic E-state index is 6.00. The smallest absolute Gasteiger partial charge is 0.226 e. The molecule has 2 rings (SSSR count). The van der Waals surface area contributed by atoms with Crippen LogP contribution in [0.4, 0.5) is 0 Å². The van der Waals surface area contributed by atoms with Gasteiger partial charge in [0.25, 0.3) is 0 Å². The predicted molar refractivity (Wildman–Crippen MR) is 69.5 cm³/mol. The first kappa shape index (κ1) is 12.6. The number of benzene rings is 1. The van der Waals surface area contributed by atoms with Gasteiger partial charge in [-0.05, 0) is 18.6 Å². The van der Waals surface area contributed by atoms with Gasteiger partial charge in [-0.1, -0.05) is 24.6 Å². The average Bonchev–Trinajstić information content (AvgIpc) is 2.39. The number of ether oxygens (including phenoxy) is 2. The standard InChI is InChI=1S/C13H13ClN2O2/c1-3-11-12(14)15-8-16-13(11)18-10-6-4-5-9(7-10)17-2/h4-8H,3H2,1-2H3. The van der Waals surface area contributed by atoms with Gasteiger partial charge in [-0.15, -0.1) is 0 Å². The molecule has 2 aromatic rings. The van der Waals surface area contributed by atoms with E-state index in [0.29, 0.717) is 23.2 Å². The summed E-state index contributed by atoms with van der Waals surface area (Å²) in [5.41, 5.74) is 0.794. The summed E-state index contributed by atoms with van der Waals surface area (Å²) in [5.74, 6) is 1.86. The lowest BCUT2D eigenvalue weighted by Crippen LogP contribution is -1.96. The third kappa shape index (κ3) is 2.71. The van der Waals surface area contributed by atoms with Crippen LogP contribution in [0, 0.1) is 0 Å². The Labute approximate surface area is 111 Å². The van der Waals surface area contributed by atoms with Gasteiger partial charge in [0.15, 0.2) is 0 Å². The number of halogens is 1. The monoisotopic (exact) mass is 264 g/mol. The molecule has 0 saturated heterocycles. The molecule has 1 aromatic carbocycles. The molecular formula is C13H13ClN2O2. The predicted octanol–water partition coefficient (Wildman–Crippen LogP) is 3.49. The molecule has 0 aliphatic heterocycles. The molecular weight excluding hydrogens is 252 g/mol. The van der Waals surface area contributed by atoms with Crippen LogP contribution >= 0.6 is 11.6 Å². The minimum absolute atomic E-state index is 0.422. The molecule has 0 bridgehead atoms. The Morgan fingerprint density at radius 3 is 2.72 bits per heavy atom. The lowest BCUT2D eigenvalue weighted by Gasteiger charge is -2.10. The Balaban J connectivity index is 2.30. The second-order valence-electron chi connectivity index (χ2n) is 3.58. The first-order valence-corrected chi connectivity index (χ1v) is 5.93. The molecule has 5 heteroatoms. The topological polar surface area (TPSA) is 44.2 Å². The van der Waals surface area contributed by atoms with Crippen LogP contribution < -0.4 is 9.47 Å². The summed E-state index contributed by atoms with van der Waals surface area (Å²) >= 11 is 6.00. The third-order valence-electron chi connectivity index (χ3n) is 2.46. The number of rotatable bonds is 4. The largest absolute Gasteiger partial charge is 0.497 e. The SMILES string of the molecule is CCc1c(Cl)ncnc1Oc1cccc(OC)c1. The summed E-state index contributed by atoms with van der Waals surface area (Å²) in [7, 11) is 1.61. The van der Waals surface area contributed by atoms with E-state index >= 15 is 0 Å². The van der Waals surface area contributed by atoms with Crippen molar-refractivity contribution in [2.24, 2.45) is 0 Å². The second kappa shape index (κ2) is 5.69. The highest BCUT2D eigenvalue weighted by Gasteiger charge is 2.10. The summed E-state index contributed by atoms with van der Waals surface area (Å²) in [5, 5.41) is 0.422. The quantitative estimate of drug-likeness (QED) is 0.793. The highest BCUT2D eigenvalue weighted by Crippen LogP contribution is 2.28. The average molecular weight is 265 g/mol. The van der Waals surface area contributed by atoms with Crippen LogP contribution in [-0.4, -0.2) is 17.1 Å². The molecule has 0 saturated carbocycles. The molecule has 0 amide bonds. The van der Waals surface area contributed by atoms with Crippen molar-refractivity contribution in [1.29, 1.82) is 0 Å². The Hall–Kier alpha value is -1.81. The van der Waals surface area contributed by atoms with Gasteiger partial charge >= 0.3 is 0 Å². The summed E-state index contributed by atoms with van der Waals surface area (Å²) < 4.78 is 10.8. The molecule has 0 radical (unpaired) electrons. The van der Waals surface area contributed by atoms with E-state index in [1.165, 1.54) is 6.33 Å². The molecule has 0 spiro atoms. The zero-order valence-electron chi connectivity index (χ0n) is 10.2. The molecule has 1 aromatic heterocycles. The maximum Gasteiger partial charge on any atom is 0.226 e. The molecule has 0 fully saturated rings. The summed E-state index contributed by atoms with van der Waals surface area (Å²) in [6, 6.07) is 7.32. The van der Waals surface area contributed by atoms with Crippen LogP contribution in [0.5, 0.6) is 17.4 Å². The van der Waals surface area contributed by atoms with Crippen molar-refractivity contribution in [3.05, 3.63) is 41.3 Å². The van der Waals surface area contributed by atoms with Gasteiger partial charge in [0.1, 0.15) is 23.0 Å². The van der Waals surface area contributed by atoms with E-state index in [2.05, 4.69) is 9.97 Å². The van der Waals surface area contributed by atoms with Crippen LogP contribution in [0.2, 0.25) is 5.15 Å². The van der Waals surface area contributed by atoms with E-state index in [-0.39, 0.29) is 0 Å². The first-order valence-electron chi connectivity index (χ1n) is 5.56. The van der Waals surface area contributed by atoms with Crippen LogP contribution in [-0.2, 0) is 6.42 Å². The van der Waals surface area contributed by atoms with Gasteiger partial charge in [-0.2, -0.15) is 0 Å². The van der Waals surface area contributed by atoms with Crippen molar-refractivity contribution in [3.63, 3.8) is 0 Å². The van der Waals surface area contributed by atoms with Crippen molar-refractivity contribution in [3.8, 4) is 17.4 Å². The maximum atomic E-state index is 6.00. The van der Waals surface area contributed by atoms with Crippen molar-refractivity contribution >= 4 is 11.6 Å². The Bertz CT molecular complexity index is 546. The van der Waals surface area contributed by atoms with E-state index in [9.17, 15) is 0 Å². The number of hydrogen-bond donors (Lipinski definition) is 0. The van der Waals surface area contributed by atoms with Gasteiger partial charge in [0, 0.05) is 6.07 Å². The highest BCUT2D eigenvalue weighted by molar-refractivity contribution is 6.30. The van der Waals surface area contributed by atoms with Gasteiger partial charge in [-0.3, -0.25) is 0 Å². The van der Waals surface area contributed by atoms with Gasteiger partial charge in [0.2, 0.25) is 5.88 Å². The Morgan fingerprint density at radius 1 is 1.22 bits per heavy atom. The molecule has 0 aliphatic carbocycles.